The van der Waals surface area contributed by atoms with Gasteiger partial charge in [-0.1, -0.05) is 78.3 Å². The number of fused-ring (bicyclic) bond motifs is 1. The number of aromatic hydroxyl groups is 1. The van der Waals surface area contributed by atoms with E-state index in [9.17, 15) is 30.0 Å². The lowest BCUT2D eigenvalue weighted by Gasteiger charge is -2.39. The number of halogens is 1. The second kappa shape index (κ2) is 16.0. The molecule has 1 aromatic heterocycles. The average molecular weight is 752 g/mol. The maximum absolute atomic E-state index is 13.5. The monoisotopic (exact) mass is 751 g/mol. The van der Waals surface area contributed by atoms with E-state index in [2.05, 4.69) is 5.32 Å². The highest BCUT2D eigenvalue weighted by Gasteiger charge is 2.48. The first kappa shape index (κ1) is 36.5. The lowest BCUT2D eigenvalue weighted by molar-refractivity contribution is -0.265. The van der Waals surface area contributed by atoms with E-state index in [1.165, 1.54) is 18.2 Å². The summed E-state index contributed by atoms with van der Waals surface area (Å²) < 4.78 is 29.7. The number of rotatable bonds is 11. The van der Waals surface area contributed by atoms with Crippen LogP contribution in [0, 0.1) is 0 Å². The van der Waals surface area contributed by atoms with Crippen molar-refractivity contribution in [2.75, 3.05) is 5.32 Å². The quantitative estimate of drug-likeness (QED) is 0.108. The molecule has 0 bridgehead atoms. The first-order valence-electron chi connectivity index (χ1n) is 16.8. The molecule has 1 aliphatic rings. The second-order valence-corrected chi connectivity index (χ2v) is 12.9. The molecule has 5 N–H and O–H groups in total. The van der Waals surface area contributed by atoms with E-state index in [4.69, 9.17) is 35.0 Å². The van der Waals surface area contributed by atoms with Crippen LogP contribution in [-0.2, 0) is 22.7 Å². The number of aliphatic hydroxyl groups excluding tert-OH is 3. The molecule has 5 atom stereocenters. The number of nitrogens with one attached hydrogen (secondary N) is 1. The minimum absolute atomic E-state index is 0.0710. The zero-order valence-corrected chi connectivity index (χ0v) is 29.1. The average Bonchev–Trinajstić information content (AvgIpc) is 3.17. The van der Waals surface area contributed by atoms with E-state index in [1.54, 1.807) is 66.7 Å². The van der Waals surface area contributed by atoms with Crippen molar-refractivity contribution in [1.82, 2.24) is 0 Å². The van der Waals surface area contributed by atoms with Crippen LogP contribution in [-0.4, -0.2) is 57.0 Å². The van der Waals surface area contributed by atoms with Gasteiger partial charge in [0.1, 0.15) is 54.0 Å². The van der Waals surface area contributed by atoms with Gasteiger partial charge in [-0.3, -0.25) is 9.59 Å². The van der Waals surface area contributed by atoms with E-state index in [0.717, 1.165) is 5.56 Å². The molecule has 5 aromatic carbocycles. The molecule has 1 fully saturated rings. The third-order valence-electron chi connectivity index (χ3n) is 8.69. The fraction of sp³-hybridized carbons (Fsp3) is 0.171. The van der Waals surface area contributed by atoms with Crippen LogP contribution in [0.1, 0.15) is 11.1 Å². The van der Waals surface area contributed by atoms with Crippen LogP contribution in [0.15, 0.2) is 131 Å². The van der Waals surface area contributed by atoms with Crippen LogP contribution in [0.5, 0.6) is 23.0 Å². The van der Waals surface area contributed by atoms with E-state index in [0.29, 0.717) is 28.5 Å². The van der Waals surface area contributed by atoms with E-state index < -0.39 is 47.8 Å². The van der Waals surface area contributed by atoms with Crippen molar-refractivity contribution < 1.29 is 48.6 Å². The minimum Gasteiger partial charge on any atom is -0.504 e. The minimum atomic E-state index is -1.90. The molecule has 13 heteroatoms. The van der Waals surface area contributed by atoms with Crippen LogP contribution in [0.25, 0.3) is 22.3 Å². The predicted octanol–water partition coefficient (Wildman–Crippen LogP) is 5.80. The lowest BCUT2D eigenvalue weighted by atomic mass is 9.98. The van der Waals surface area contributed by atoms with Crippen molar-refractivity contribution in [3.8, 4) is 34.3 Å². The highest BCUT2D eigenvalue weighted by Crippen LogP contribution is 2.44. The van der Waals surface area contributed by atoms with Gasteiger partial charge in [-0.2, -0.15) is 0 Å². The highest BCUT2D eigenvalue weighted by atomic mass is 35.5. The number of carbonyl (C=O) groups is 1. The molecule has 1 aliphatic heterocycles. The van der Waals surface area contributed by atoms with Gasteiger partial charge < -0.3 is 49.1 Å². The fourth-order valence-corrected chi connectivity index (χ4v) is 6.07. The summed E-state index contributed by atoms with van der Waals surface area (Å²) in [5.41, 5.74) is 1.84. The van der Waals surface area contributed by atoms with Gasteiger partial charge in [0.15, 0.2) is 23.0 Å². The lowest BCUT2D eigenvalue weighted by Crippen LogP contribution is -2.62. The number of benzene rings is 5. The maximum atomic E-state index is 13.5. The molecule has 1 amide bonds. The molecule has 0 spiro atoms. The Labute approximate surface area is 313 Å². The summed E-state index contributed by atoms with van der Waals surface area (Å²) in [4.78, 5) is 26.8. The number of hydrogen-bond acceptors (Lipinski definition) is 11. The third-order valence-corrected chi connectivity index (χ3v) is 8.92. The van der Waals surface area contributed by atoms with Gasteiger partial charge >= 0.3 is 0 Å². The Kier molecular flexibility index (Phi) is 10.8. The summed E-state index contributed by atoms with van der Waals surface area (Å²) in [6, 6.07) is 34.3. The Morgan fingerprint density at radius 3 is 2.09 bits per heavy atom. The smallest absolute Gasteiger partial charge is 0.256 e. The van der Waals surface area contributed by atoms with Crippen molar-refractivity contribution >= 4 is 34.2 Å². The van der Waals surface area contributed by atoms with Gasteiger partial charge in [-0.05, 0) is 53.6 Å². The number of aliphatic hydroxyl groups is 3. The molecule has 0 saturated carbocycles. The number of phenolic OH excluding ortho intramolecular Hbond substituents is 1. The van der Waals surface area contributed by atoms with Crippen LogP contribution in [0.2, 0.25) is 5.02 Å². The predicted molar refractivity (Wildman–Crippen MR) is 199 cm³/mol. The molecule has 1 saturated heterocycles. The van der Waals surface area contributed by atoms with Gasteiger partial charge in [0.2, 0.25) is 12.0 Å². The number of amides is 1. The number of ether oxygens (including phenoxy) is 4. The van der Waals surface area contributed by atoms with Crippen molar-refractivity contribution in [1.29, 1.82) is 0 Å². The van der Waals surface area contributed by atoms with Crippen LogP contribution in [0.4, 0.5) is 5.69 Å². The Balaban J connectivity index is 1.20. The van der Waals surface area contributed by atoms with Crippen LogP contribution < -0.4 is 25.0 Å². The van der Waals surface area contributed by atoms with Crippen molar-refractivity contribution in [2.45, 2.75) is 43.9 Å². The Morgan fingerprint density at radius 1 is 0.759 bits per heavy atom. The number of phenols is 1. The van der Waals surface area contributed by atoms with Crippen molar-refractivity contribution in [3.63, 3.8) is 0 Å². The third kappa shape index (κ3) is 8.03. The molecule has 12 nitrogen and oxygen atoms in total. The summed E-state index contributed by atoms with van der Waals surface area (Å²) >= 11 is 6.03. The van der Waals surface area contributed by atoms with Gasteiger partial charge in [-0.15, -0.1) is 0 Å². The molecule has 0 radical (unpaired) electrons. The summed E-state index contributed by atoms with van der Waals surface area (Å²) in [6.07, 6.45) is -9.14. The summed E-state index contributed by atoms with van der Waals surface area (Å²) in [5.74, 6) is -1.29. The summed E-state index contributed by atoms with van der Waals surface area (Å²) in [6.45, 7) is 0.295. The van der Waals surface area contributed by atoms with E-state index in [1.807, 2.05) is 36.4 Å². The highest BCUT2D eigenvalue weighted by molar-refractivity contribution is 6.30. The summed E-state index contributed by atoms with van der Waals surface area (Å²) in [5, 5.41) is 46.6. The zero-order valence-electron chi connectivity index (χ0n) is 28.4. The SMILES string of the molecule is O=C(Nc1cccc(Cl)c1)C1OC(Oc2cc3oc(-c4ccc(OCc5ccccc5)cc4)cc(=O)c3c(O)c2OCc2ccccc2)C(O)C(O)C1O. The second-order valence-electron chi connectivity index (χ2n) is 12.5. The van der Waals surface area contributed by atoms with Crippen molar-refractivity contribution in [3.05, 3.63) is 148 Å². The normalized spacial score (nSPS) is 19.6. The standard InChI is InChI=1S/C41H34ClNO11/c42-26-12-7-13-27(18-26)43-40(49)39-36(47)35(46)37(48)41(54-39)53-32-20-31-33(34(45)38(32)51-22-24-10-5-2-6-11-24)29(44)19-30(52-31)25-14-16-28(17-15-25)50-21-23-8-3-1-4-9-23/h1-20,35-37,39,41,45-48H,21-22H2,(H,43,49). The van der Waals surface area contributed by atoms with Gasteiger partial charge in [-0.25, -0.2) is 0 Å². The van der Waals surface area contributed by atoms with Gasteiger partial charge in [0.05, 0.1) is 0 Å². The molecule has 0 aliphatic carbocycles. The molecule has 5 unspecified atom stereocenters. The number of carbonyl (C=O) groups excluding carboxylic acids is 1. The molecule has 2 heterocycles. The topological polar surface area (TPSA) is 177 Å². The number of hydrogen-bond donors (Lipinski definition) is 5. The van der Waals surface area contributed by atoms with Crippen LogP contribution >= 0.6 is 11.6 Å². The Bertz CT molecular complexity index is 2300. The first-order valence-corrected chi connectivity index (χ1v) is 17.2. The fourth-order valence-electron chi connectivity index (χ4n) is 5.88. The molecule has 6 aromatic rings. The molecule has 7 rings (SSSR count). The van der Waals surface area contributed by atoms with E-state index >= 15 is 0 Å². The maximum Gasteiger partial charge on any atom is 0.256 e. The number of anilines is 1. The first-order chi connectivity index (χ1) is 26.1. The van der Waals surface area contributed by atoms with Gasteiger partial charge in [0, 0.05) is 28.4 Å². The Hall–Kier alpha value is -5.89. The molecular weight excluding hydrogens is 718 g/mol. The largest absolute Gasteiger partial charge is 0.504 e. The Morgan fingerprint density at radius 2 is 1.43 bits per heavy atom. The van der Waals surface area contributed by atoms with Crippen LogP contribution in [0.3, 0.4) is 0 Å². The molecule has 54 heavy (non-hydrogen) atoms. The molecule has 276 valence electrons. The molecular formula is C41H34ClNO11. The van der Waals surface area contributed by atoms with E-state index in [-0.39, 0.29) is 40.5 Å². The zero-order chi connectivity index (χ0) is 37.8. The van der Waals surface area contributed by atoms with Gasteiger partial charge in [0.25, 0.3) is 5.91 Å². The van der Waals surface area contributed by atoms with Crippen molar-refractivity contribution in [2.24, 2.45) is 0 Å². The summed E-state index contributed by atoms with van der Waals surface area (Å²) in [7, 11) is 0.